The van der Waals surface area contributed by atoms with Crippen LogP contribution in [0.2, 0.25) is 0 Å². The molecule has 36 heavy (non-hydrogen) atoms. The number of benzene rings is 2. The van der Waals surface area contributed by atoms with Gasteiger partial charge in [-0.1, -0.05) is 25.1 Å². The monoisotopic (exact) mass is 488 g/mol. The van der Waals surface area contributed by atoms with Crippen molar-refractivity contribution in [3.05, 3.63) is 60.7 Å². The fourth-order valence-corrected chi connectivity index (χ4v) is 5.29. The minimum atomic E-state index is -0.627. The summed E-state index contributed by atoms with van der Waals surface area (Å²) >= 11 is 0. The minimum Gasteiger partial charge on any atom is -0.494 e. The number of rotatable bonds is 6. The van der Waals surface area contributed by atoms with Gasteiger partial charge in [-0.3, -0.25) is 19.2 Å². The molecule has 0 N–H and O–H groups in total. The smallest absolute Gasteiger partial charge is 0.316 e. The molecule has 2 aliphatic heterocycles. The zero-order chi connectivity index (χ0) is 25.4. The van der Waals surface area contributed by atoms with Gasteiger partial charge in [-0.05, 0) is 55.7 Å². The zero-order valence-electron chi connectivity index (χ0n) is 20.3. The van der Waals surface area contributed by atoms with E-state index in [-0.39, 0.29) is 54.2 Å². The summed E-state index contributed by atoms with van der Waals surface area (Å²) in [7, 11) is 0. The maximum Gasteiger partial charge on any atom is 0.316 e. The molecule has 1 aliphatic carbocycles. The van der Waals surface area contributed by atoms with Crippen LogP contribution in [0, 0.1) is 23.7 Å². The number of nitrogens with zero attached hydrogens (tertiary/aromatic N) is 2. The molecule has 2 saturated heterocycles. The van der Waals surface area contributed by atoms with Gasteiger partial charge in [0.1, 0.15) is 11.5 Å². The van der Waals surface area contributed by atoms with Crippen LogP contribution in [-0.4, -0.2) is 36.8 Å². The van der Waals surface area contributed by atoms with Crippen molar-refractivity contribution in [3.63, 3.8) is 0 Å². The molecule has 0 radical (unpaired) electrons. The highest BCUT2D eigenvalue weighted by Crippen LogP contribution is 2.41. The minimum absolute atomic E-state index is 0.00978. The number of imide groups is 1. The van der Waals surface area contributed by atoms with Crippen LogP contribution in [0.4, 0.5) is 11.4 Å². The van der Waals surface area contributed by atoms with Crippen molar-refractivity contribution < 1.29 is 28.7 Å². The molecule has 2 fully saturated rings. The predicted octanol–water partition coefficient (Wildman–Crippen LogP) is 3.75. The maximum absolute atomic E-state index is 13.1. The molecule has 3 amide bonds. The van der Waals surface area contributed by atoms with E-state index in [0.717, 1.165) is 0 Å². The highest BCUT2D eigenvalue weighted by atomic mass is 16.5. The number of anilines is 2. The van der Waals surface area contributed by atoms with Gasteiger partial charge in [0.2, 0.25) is 17.7 Å². The van der Waals surface area contributed by atoms with Crippen molar-refractivity contribution >= 4 is 35.1 Å². The molecule has 5 rings (SSSR count). The molecule has 3 aliphatic rings. The molecule has 2 heterocycles. The van der Waals surface area contributed by atoms with Gasteiger partial charge in [0.15, 0.2) is 0 Å². The third-order valence-corrected chi connectivity index (χ3v) is 7.08. The number of hydrogen-bond acceptors (Lipinski definition) is 6. The molecule has 8 heteroatoms. The summed E-state index contributed by atoms with van der Waals surface area (Å²) in [4.78, 5) is 54.4. The first kappa shape index (κ1) is 23.8. The second kappa shape index (κ2) is 9.60. The lowest BCUT2D eigenvalue weighted by Crippen LogP contribution is -2.31. The van der Waals surface area contributed by atoms with E-state index < -0.39 is 11.9 Å². The highest BCUT2D eigenvalue weighted by molar-refractivity contribution is 6.22. The third kappa shape index (κ3) is 4.27. The number of amides is 3. The van der Waals surface area contributed by atoms with Gasteiger partial charge in [0.05, 0.1) is 30.0 Å². The molecule has 2 aromatic rings. The third-order valence-electron chi connectivity index (χ3n) is 7.08. The fraction of sp³-hybridized carbons (Fsp3) is 0.357. The molecular weight excluding hydrogens is 460 g/mol. The van der Waals surface area contributed by atoms with Crippen molar-refractivity contribution in [1.82, 2.24) is 0 Å². The Labute approximate surface area is 209 Å². The Morgan fingerprint density at radius 2 is 1.78 bits per heavy atom. The summed E-state index contributed by atoms with van der Waals surface area (Å²) in [5.74, 6) is -1.56. The second-order valence-electron chi connectivity index (χ2n) is 9.42. The first-order valence-electron chi connectivity index (χ1n) is 12.3. The largest absolute Gasteiger partial charge is 0.494 e. The first-order valence-corrected chi connectivity index (χ1v) is 12.3. The first-order chi connectivity index (χ1) is 17.4. The van der Waals surface area contributed by atoms with Crippen molar-refractivity contribution in [2.24, 2.45) is 23.7 Å². The van der Waals surface area contributed by atoms with E-state index in [9.17, 15) is 19.2 Å². The number of allylic oxidation sites excluding steroid dienone is 2. The molecule has 4 atom stereocenters. The van der Waals surface area contributed by atoms with Crippen molar-refractivity contribution in [3.8, 4) is 11.5 Å². The van der Waals surface area contributed by atoms with Crippen molar-refractivity contribution in [1.29, 1.82) is 0 Å². The summed E-state index contributed by atoms with van der Waals surface area (Å²) in [6, 6.07) is 13.6. The van der Waals surface area contributed by atoms with Gasteiger partial charge >= 0.3 is 5.97 Å². The van der Waals surface area contributed by atoms with Gasteiger partial charge < -0.3 is 14.4 Å². The Balaban J connectivity index is 1.27. The Bertz CT molecular complexity index is 1240. The van der Waals surface area contributed by atoms with Crippen LogP contribution in [0.1, 0.15) is 26.7 Å². The van der Waals surface area contributed by atoms with Crippen LogP contribution in [-0.2, 0) is 19.2 Å². The molecule has 0 aromatic heterocycles. The summed E-state index contributed by atoms with van der Waals surface area (Å²) in [6.45, 7) is 4.60. The molecule has 0 unspecified atom stereocenters. The van der Waals surface area contributed by atoms with E-state index in [4.69, 9.17) is 9.47 Å². The van der Waals surface area contributed by atoms with E-state index >= 15 is 0 Å². The number of hydrogen-bond donors (Lipinski definition) is 0. The number of esters is 1. The molecule has 2 aromatic carbocycles. The van der Waals surface area contributed by atoms with Crippen molar-refractivity contribution in [2.45, 2.75) is 26.7 Å². The van der Waals surface area contributed by atoms with Gasteiger partial charge in [-0.2, -0.15) is 0 Å². The predicted molar refractivity (Wildman–Crippen MR) is 133 cm³/mol. The van der Waals surface area contributed by atoms with Gasteiger partial charge in [-0.15, -0.1) is 0 Å². The Morgan fingerprint density at radius 1 is 1.00 bits per heavy atom. The zero-order valence-corrected chi connectivity index (χ0v) is 20.3. The topological polar surface area (TPSA) is 93.2 Å². The van der Waals surface area contributed by atoms with E-state index in [1.54, 1.807) is 47.4 Å². The van der Waals surface area contributed by atoms with E-state index in [1.807, 2.05) is 26.0 Å². The maximum atomic E-state index is 13.1. The summed E-state index contributed by atoms with van der Waals surface area (Å²) < 4.78 is 11.0. The van der Waals surface area contributed by atoms with Gasteiger partial charge in [-0.25, -0.2) is 4.90 Å². The summed E-state index contributed by atoms with van der Waals surface area (Å²) in [6.07, 6.45) is 4.53. The number of carbonyl (C=O) groups excluding carboxylic acids is 4. The standard InChI is InChI=1S/C28H28N2O6/c1-3-35-21-12-10-19(11-13-21)29-16-18(14-24(29)31)28(34)36-22-8-5-7-20(15-22)30-26(32)23-9-4-6-17(2)25(23)27(30)33/h4-8,10-13,15,17-18,23,25H,3,9,14,16H2,1-2H3/t17-,18-,23-,25-/m0/s1. The molecule has 0 saturated carbocycles. The summed E-state index contributed by atoms with van der Waals surface area (Å²) in [5, 5.41) is 0. The van der Waals surface area contributed by atoms with Crippen LogP contribution in [0.25, 0.3) is 0 Å². The number of carbonyl (C=O) groups is 4. The molecule has 8 nitrogen and oxygen atoms in total. The van der Waals surface area contributed by atoms with Crippen LogP contribution >= 0.6 is 0 Å². The van der Waals surface area contributed by atoms with E-state index in [1.165, 1.54) is 11.0 Å². The number of fused-ring (bicyclic) bond motifs is 1. The lowest BCUT2D eigenvalue weighted by Gasteiger charge is -2.22. The quantitative estimate of drug-likeness (QED) is 0.266. The van der Waals surface area contributed by atoms with Crippen LogP contribution < -0.4 is 19.3 Å². The van der Waals surface area contributed by atoms with E-state index in [2.05, 4.69) is 0 Å². The van der Waals surface area contributed by atoms with Gasteiger partial charge in [0, 0.05) is 24.7 Å². The molecule has 0 spiro atoms. The Hall–Kier alpha value is -3.94. The number of ether oxygens (including phenoxy) is 2. The average molecular weight is 489 g/mol. The van der Waals surface area contributed by atoms with Crippen LogP contribution in [0.3, 0.4) is 0 Å². The van der Waals surface area contributed by atoms with Crippen LogP contribution in [0.15, 0.2) is 60.7 Å². The van der Waals surface area contributed by atoms with Gasteiger partial charge in [0.25, 0.3) is 0 Å². The summed E-state index contributed by atoms with van der Waals surface area (Å²) in [5.41, 5.74) is 1.08. The fourth-order valence-electron chi connectivity index (χ4n) is 5.29. The molecular formula is C28H28N2O6. The second-order valence-corrected chi connectivity index (χ2v) is 9.42. The van der Waals surface area contributed by atoms with Crippen LogP contribution in [0.5, 0.6) is 11.5 Å². The lowest BCUT2D eigenvalue weighted by atomic mass is 9.78. The highest BCUT2D eigenvalue weighted by Gasteiger charge is 2.50. The van der Waals surface area contributed by atoms with E-state index in [0.29, 0.717) is 30.2 Å². The average Bonchev–Trinajstić information content (AvgIpc) is 3.38. The Morgan fingerprint density at radius 3 is 2.50 bits per heavy atom. The SMILES string of the molecule is CCOc1ccc(N2C[C@@H](C(=O)Oc3cccc(N4C(=O)[C@@H]5[C@H](CC=C[C@@H]5C)C4=O)c3)CC2=O)cc1. The molecule has 186 valence electrons. The van der Waals surface area contributed by atoms with Crippen molar-refractivity contribution in [2.75, 3.05) is 23.0 Å². The lowest BCUT2D eigenvalue weighted by molar-refractivity contribution is -0.139. The molecule has 0 bridgehead atoms. The Kier molecular flexibility index (Phi) is 6.35. The normalized spacial score (nSPS) is 25.3.